The van der Waals surface area contributed by atoms with E-state index in [0.717, 1.165) is 40.9 Å². The number of aryl methyl sites for hydroxylation is 1. The summed E-state index contributed by atoms with van der Waals surface area (Å²) in [5, 5.41) is 6.89. The van der Waals surface area contributed by atoms with Crippen LogP contribution in [0.15, 0.2) is 61.4 Å². The Morgan fingerprint density at radius 2 is 1.97 bits per heavy atom. The summed E-state index contributed by atoms with van der Waals surface area (Å²) in [5.41, 5.74) is 4.53. The third-order valence-corrected chi connectivity index (χ3v) is 6.05. The molecule has 0 spiro atoms. The molecule has 1 amide bonds. The van der Waals surface area contributed by atoms with E-state index in [1.54, 1.807) is 25.6 Å². The van der Waals surface area contributed by atoms with E-state index in [1.165, 1.54) is 6.08 Å². The fourth-order valence-corrected chi connectivity index (χ4v) is 4.19. The molecule has 37 heavy (non-hydrogen) atoms. The van der Waals surface area contributed by atoms with E-state index in [4.69, 9.17) is 14.5 Å². The third-order valence-electron chi connectivity index (χ3n) is 6.05. The first-order chi connectivity index (χ1) is 18.1. The Kier molecular flexibility index (Phi) is 6.91. The van der Waals surface area contributed by atoms with Crippen LogP contribution in [0.25, 0.3) is 22.2 Å². The summed E-state index contributed by atoms with van der Waals surface area (Å²) in [7, 11) is 1.59. The van der Waals surface area contributed by atoms with Gasteiger partial charge in [0, 0.05) is 42.1 Å². The molecule has 2 N–H and O–H groups in total. The molecule has 3 aromatic heterocycles. The monoisotopic (exact) mass is 497 g/mol. The molecule has 0 saturated carbocycles. The number of carbonyl (C=O) groups is 1. The van der Waals surface area contributed by atoms with E-state index in [-0.39, 0.29) is 5.91 Å². The van der Waals surface area contributed by atoms with Crippen molar-refractivity contribution < 1.29 is 14.3 Å². The lowest BCUT2D eigenvalue weighted by Gasteiger charge is -2.28. The van der Waals surface area contributed by atoms with Crippen LogP contribution < -0.4 is 20.3 Å². The number of hydrogen-bond donors (Lipinski definition) is 2. The number of pyridine rings is 2. The number of fused-ring (bicyclic) bond motifs is 1. The minimum Gasteiger partial charge on any atom is -0.479 e. The van der Waals surface area contributed by atoms with Gasteiger partial charge in [0.15, 0.2) is 0 Å². The molecule has 188 valence electrons. The van der Waals surface area contributed by atoms with E-state index in [1.807, 2.05) is 37.3 Å². The molecule has 1 fully saturated rings. The van der Waals surface area contributed by atoms with Crippen LogP contribution in [0.1, 0.15) is 5.56 Å². The molecule has 1 aliphatic rings. The number of methoxy groups -OCH3 is 1. The van der Waals surface area contributed by atoms with Gasteiger partial charge in [0.25, 0.3) is 0 Å². The van der Waals surface area contributed by atoms with Gasteiger partial charge in [0.1, 0.15) is 11.5 Å². The Hall–Kier alpha value is -4.57. The number of benzene rings is 1. The maximum atomic E-state index is 11.8. The molecule has 0 radical (unpaired) electrons. The van der Waals surface area contributed by atoms with Crippen molar-refractivity contribution in [2.75, 3.05) is 48.9 Å². The second-order valence-electron chi connectivity index (χ2n) is 8.46. The Bertz CT molecular complexity index is 1470. The van der Waals surface area contributed by atoms with Crippen LogP contribution in [0.2, 0.25) is 0 Å². The molecular weight excluding hydrogens is 470 g/mol. The number of hydrogen-bond acceptors (Lipinski definition) is 9. The second kappa shape index (κ2) is 10.6. The van der Waals surface area contributed by atoms with Crippen molar-refractivity contribution in [2.45, 2.75) is 6.92 Å². The number of carbonyl (C=O) groups excluding carboxylic acids is 1. The molecule has 4 aromatic rings. The normalized spacial score (nSPS) is 13.3. The summed E-state index contributed by atoms with van der Waals surface area (Å²) >= 11 is 0. The van der Waals surface area contributed by atoms with Crippen molar-refractivity contribution in [1.29, 1.82) is 0 Å². The van der Waals surface area contributed by atoms with Gasteiger partial charge in [-0.3, -0.25) is 9.78 Å². The van der Waals surface area contributed by atoms with Gasteiger partial charge in [-0.25, -0.2) is 9.97 Å². The molecular formula is C27H27N7O3. The standard InChI is InChI=1S/C27H27N7O3/c1-4-23(35)30-19-9-10-28-21(15-19)24-17(2)5-6-18-16-29-27(33-25(18)24)31-20-7-8-22(32-26(20)36-3)34-11-13-37-14-12-34/h4-10,15-16H,1,11-14H2,2-3H3,(H,28,30,35)(H,29,31,33). The molecule has 0 aliphatic carbocycles. The number of amides is 1. The van der Waals surface area contributed by atoms with Crippen molar-refractivity contribution in [2.24, 2.45) is 0 Å². The van der Waals surface area contributed by atoms with Crippen LogP contribution in [0.3, 0.4) is 0 Å². The minimum atomic E-state index is -0.289. The van der Waals surface area contributed by atoms with E-state index in [9.17, 15) is 4.79 Å². The maximum Gasteiger partial charge on any atom is 0.247 e. The lowest BCUT2D eigenvalue weighted by Crippen LogP contribution is -2.36. The summed E-state index contributed by atoms with van der Waals surface area (Å²) in [6, 6.07) is 11.4. The van der Waals surface area contributed by atoms with E-state index in [2.05, 4.69) is 37.1 Å². The first-order valence-corrected chi connectivity index (χ1v) is 11.9. The summed E-state index contributed by atoms with van der Waals surface area (Å²) in [5.74, 6) is 1.39. The molecule has 0 atom stereocenters. The Morgan fingerprint density at radius 3 is 2.76 bits per heavy atom. The van der Waals surface area contributed by atoms with Gasteiger partial charge in [-0.05, 0) is 42.8 Å². The number of morpholine rings is 1. The largest absolute Gasteiger partial charge is 0.479 e. The first-order valence-electron chi connectivity index (χ1n) is 11.9. The second-order valence-corrected chi connectivity index (χ2v) is 8.46. The summed E-state index contributed by atoms with van der Waals surface area (Å²) < 4.78 is 11.0. The van der Waals surface area contributed by atoms with Gasteiger partial charge >= 0.3 is 0 Å². The van der Waals surface area contributed by atoms with E-state index < -0.39 is 0 Å². The highest BCUT2D eigenvalue weighted by Crippen LogP contribution is 2.33. The lowest BCUT2D eigenvalue weighted by atomic mass is 10.0. The Labute approximate surface area is 214 Å². The topological polar surface area (TPSA) is 114 Å². The van der Waals surface area contributed by atoms with Gasteiger partial charge in [-0.1, -0.05) is 18.7 Å². The summed E-state index contributed by atoms with van der Waals surface area (Å²) in [6.07, 6.45) is 4.64. The quantitative estimate of drug-likeness (QED) is 0.364. The van der Waals surface area contributed by atoms with Gasteiger partial charge in [0.05, 0.1) is 31.5 Å². The molecule has 10 nitrogen and oxygen atoms in total. The predicted molar refractivity (Wildman–Crippen MR) is 143 cm³/mol. The molecule has 1 aliphatic heterocycles. The highest BCUT2D eigenvalue weighted by molar-refractivity contribution is 6.00. The van der Waals surface area contributed by atoms with Crippen LogP contribution in [0.5, 0.6) is 5.88 Å². The van der Waals surface area contributed by atoms with Crippen molar-refractivity contribution in [3.63, 3.8) is 0 Å². The molecule has 5 rings (SSSR count). The Morgan fingerprint density at radius 1 is 1.14 bits per heavy atom. The fourth-order valence-electron chi connectivity index (χ4n) is 4.19. The molecule has 1 saturated heterocycles. The average Bonchev–Trinajstić information content (AvgIpc) is 2.93. The zero-order chi connectivity index (χ0) is 25.8. The van der Waals surface area contributed by atoms with E-state index in [0.29, 0.717) is 42.1 Å². The fraction of sp³-hybridized carbons (Fsp3) is 0.222. The smallest absolute Gasteiger partial charge is 0.247 e. The van der Waals surface area contributed by atoms with Crippen LogP contribution in [0.4, 0.5) is 23.1 Å². The van der Waals surface area contributed by atoms with Crippen molar-refractivity contribution in [1.82, 2.24) is 19.9 Å². The minimum absolute atomic E-state index is 0.289. The summed E-state index contributed by atoms with van der Waals surface area (Å²) in [6.45, 7) is 8.42. The van der Waals surface area contributed by atoms with Gasteiger partial charge in [-0.15, -0.1) is 0 Å². The number of rotatable bonds is 7. The highest BCUT2D eigenvalue weighted by atomic mass is 16.5. The lowest BCUT2D eigenvalue weighted by molar-refractivity contribution is -0.111. The van der Waals surface area contributed by atoms with Gasteiger partial charge < -0.3 is 25.0 Å². The zero-order valence-electron chi connectivity index (χ0n) is 20.7. The molecule has 1 aromatic carbocycles. The molecule has 4 heterocycles. The van der Waals surface area contributed by atoms with Crippen LogP contribution in [-0.4, -0.2) is 59.3 Å². The maximum absolute atomic E-state index is 11.8. The van der Waals surface area contributed by atoms with Crippen LogP contribution in [-0.2, 0) is 9.53 Å². The molecule has 0 unspecified atom stereocenters. The molecule has 0 bridgehead atoms. The number of nitrogens with zero attached hydrogens (tertiary/aromatic N) is 5. The van der Waals surface area contributed by atoms with Gasteiger partial charge in [-0.2, -0.15) is 4.98 Å². The van der Waals surface area contributed by atoms with Crippen LogP contribution >= 0.6 is 0 Å². The van der Waals surface area contributed by atoms with Crippen molar-refractivity contribution >= 4 is 40.0 Å². The van der Waals surface area contributed by atoms with Crippen LogP contribution in [0, 0.1) is 6.92 Å². The third kappa shape index (κ3) is 5.19. The molecule has 10 heteroatoms. The number of aromatic nitrogens is 4. The average molecular weight is 498 g/mol. The first kappa shape index (κ1) is 24.1. The number of anilines is 4. The summed E-state index contributed by atoms with van der Waals surface area (Å²) in [4.78, 5) is 32.5. The number of ether oxygens (including phenoxy) is 2. The number of nitrogens with one attached hydrogen (secondary N) is 2. The van der Waals surface area contributed by atoms with E-state index >= 15 is 0 Å². The van der Waals surface area contributed by atoms with Gasteiger partial charge in [0.2, 0.25) is 17.7 Å². The SMILES string of the molecule is C=CC(=O)Nc1ccnc(-c2c(C)ccc3cnc(Nc4ccc(N5CCOCC5)nc4OC)nc23)c1. The van der Waals surface area contributed by atoms with Crippen molar-refractivity contribution in [3.05, 3.63) is 67.0 Å². The van der Waals surface area contributed by atoms with Crippen molar-refractivity contribution in [3.8, 4) is 17.1 Å². The highest BCUT2D eigenvalue weighted by Gasteiger charge is 2.17. The predicted octanol–water partition coefficient (Wildman–Crippen LogP) is 4.11. The Balaban J connectivity index is 1.49. The zero-order valence-corrected chi connectivity index (χ0v) is 20.7.